The Bertz CT molecular complexity index is 629. The van der Waals surface area contributed by atoms with Crippen molar-refractivity contribution in [2.24, 2.45) is 5.73 Å². The Balaban J connectivity index is 0.00000132. The van der Waals surface area contributed by atoms with E-state index in [1.807, 2.05) is 6.07 Å². The summed E-state index contributed by atoms with van der Waals surface area (Å²) >= 11 is 1.69. The minimum Gasteiger partial charge on any atom is -0.368 e. The maximum Gasteiger partial charge on any atom is 0.222 e. The van der Waals surface area contributed by atoms with E-state index in [4.69, 9.17) is 11.5 Å². The highest BCUT2D eigenvalue weighted by atomic mass is 35.5. The molecule has 0 amide bonds. The van der Waals surface area contributed by atoms with Gasteiger partial charge in [0.15, 0.2) is 0 Å². The van der Waals surface area contributed by atoms with Gasteiger partial charge in [0.1, 0.15) is 5.82 Å². The average molecular weight is 377 g/mol. The Morgan fingerprint density at radius 2 is 2.00 bits per heavy atom. The van der Waals surface area contributed by atoms with Gasteiger partial charge in [-0.25, -0.2) is 9.97 Å². The van der Waals surface area contributed by atoms with Crippen LogP contribution >= 0.6 is 36.2 Å². The molecule has 1 aliphatic rings. The van der Waals surface area contributed by atoms with Crippen LogP contribution in [0.4, 0.5) is 11.8 Å². The lowest BCUT2D eigenvalue weighted by molar-refractivity contribution is 0.345. The molecule has 0 aromatic carbocycles. The number of thiazole rings is 1. The third-order valence-electron chi connectivity index (χ3n) is 3.71. The van der Waals surface area contributed by atoms with Crippen molar-refractivity contribution in [1.82, 2.24) is 15.0 Å². The Hall–Kier alpha value is -1.15. The number of hydrogen-bond donors (Lipinski definition) is 3. The summed E-state index contributed by atoms with van der Waals surface area (Å²) in [5.74, 6) is 1.48. The molecule has 2 aromatic rings. The maximum atomic E-state index is 5.84. The van der Waals surface area contributed by atoms with Crippen molar-refractivity contribution in [3.8, 4) is 0 Å². The van der Waals surface area contributed by atoms with Gasteiger partial charge in [-0.15, -0.1) is 36.2 Å². The average Bonchev–Trinajstić information content (AvgIpc) is 2.89. The fourth-order valence-electron chi connectivity index (χ4n) is 2.46. The first-order valence-corrected chi connectivity index (χ1v) is 8.09. The summed E-state index contributed by atoms with van der Waals surface area (Å²) in [6.07, 6.45) is 2.92. The van der Waals surface area contributed by atoms with Crippen molar-refractivity contribution in [3.05, 3.63) is 27.8 Å². The van der Waals surface area contributed by atoms with Gasteiger partial charge < -0.3 is 16.8 Å². The van der Waals surface area contributed by atoms with E-state index in [9.17, 15) is 0 Å². The van der Waals surface area contributed by atoms with Crippen molar-refractivity contribution in [2.45, 2.75) is 44.7 Å². The topological polar surface area (TPSA) is 103 Å². The van der Waals surface area contributed by atoms with Gasteiger partial charge in [0.05, 0.1) is 22.9 Å². The first kappa shape index (κ1) is 19.9. The first-order chi connectivity index (χ1) is 10.1. The largest absolute Gasteiger partial charge is 0.368 e. The molecule has 9 heteroatoms. The fraction of sp³-hybridized carbons (Fsp3) is 0.500. The third-order valence-corrected chi connectivity index (χ3v) is 4.75. The molecule has 1 fully saturated rings. The second kappa shape index (κ2) is 8.63. The number of aromatic nitrogens is 3. The van der Waals surface area contributed by atoms with Gasteiger partial charge in [0.2, 0.25) is 5.95 Å². The maximum absolute atomic E-state index is 5.84. The van der Waals surface area contributed by atoms with E-state index in [2.05, 4.69) is 32.6 Å². The molecule has 128 valence electrons. The molecule has 0 aliphatic heterocycles. The number of halogens is 2. The molecule has 0 atom stereocenters. The van der Waals surface area contributed by atoms with Crippen molar-refractivity contribution in [1.29, 1.82) is 0 Å². The Kier molecular flexibility index (Phi) is 7.47. The molecule has 5 N–H and O–H groups in total. The summed E-state index contributed by atoms with van der Waals surface area (Å²) in [5.41, 5.74) is 13.6. The predicted molar refractivity (Wildman–Crippen MR) is 99.7 cm³/mol. The molecule has 0 spiro atoms. The molecular weight excluding hydrogens is 355 g/mol. The summed E-state index contributed by atoms with van der Waals surface area (Å²) in [6.45, 7) is 2.76. The molecule has 3 rings (SSSR count). The lowest BCUT2D eigenvalue weighted by Crippen LogP contribution is -2.35. The van der Waals surface area contributed by atoms with Crippen LogP contribution in [0.1, 0.15) is 42.1 Å². The number of aryl methyl sites for hydroxylation is 1. The molecule has 23 heavy (non-hydrogen) atoms. The Morgan fingerprint density at radius 3 is 2.61 bits per heavy atom. The predicted octanol–water partition coefficient (Wildman–Crippen LogP) is 2.74. The summed E-state index contributed by atoms with van der Waals surface area (Å²) in [5, 5.41) is 6.50. The normalized spacial score (nSPS) is 19.2. The molecule has 0 bridgehead atoms. The van der Waals surface area contributed by atoms with E-state index in [1.165, 1.54) is 0 Å². The molecule has 6 nitrogen and oxygen atoms in total. The number of nitrogens with two attached hydrogens (primary N) is 2. The van der Waals surface area contributed by atoms with E-state index in [0.717, 1.165) is 41.5 Å². The van der Waals surface area contributed by atoms with Crippen LogP contribution in [0.15, 0.2) is 11.4 Å². The zero-order valence-corrected chi connectivity index (χ0v) is 15.3. The van der Waals surface area contributed by atoms with Crippen LogP contribution < -0.4 is 16.8 Å². The smallest absolute Gasteiger partial charge is 0.222 e. The summed E-state index contributed by atoms with van der Waals surface area (Å²) in [7, 11) is 0. The minimum absolute atomic E-state index is 0. The quantitative estimate of drug-likeness (QED) is 0.740. The number of rotatable bonds is 5. The number of anilines is 2. The molecule has 1 saturated carbocycles. The minimum atomic E-state index is 0. The van der Waals surface area contributed by atoms with Gasteiger partial charge in [0.25, 0.3) is 0 Å². The zero-order valence-electron chi connectivity index (χ0n) is 12.9. The summed E-state index contributed by atoms with van der Waals surface area (Å²) in [6, 6.07) is 2.27. The molecule has 2 heterocycles. The van der Waals surface area contributed by atoms with Crippen LogP contribution in [0, 0.1) is 0 Å². The van der Waals surface area contributed by atoms with Gasteiger partial charge in [-0.1, -0.05) is 6.92 Å². The van der Waals surface area contributed by atoms with E-state index in [0.29, 0.717) is 24.5 Å². The lowest BCUT2D eigenvalue weighted by atomic mass is 9.78. The second-order valence-electron chi connectivity index (χ2n) is 5.40. The highest BCUT2D eigenvalue weighted by Gasteiger charge is 2.29. The van der Waals surface area contributed by atoms with Crippen LogP contribution in [0.25, 0.3) is 0 Å². The van der Waals surface area contributed by atoms with E-state index >= 15 is 0 Å². The van der Waals surface area contributed by atoms with Gasteiger partial charge in [0, 0.05) is 23.4 Å². The van der Waals surface area contributed by atoms with Gasteiger partial charge in [-0.3, -0.25) is 0 Å². The first-order valence-electron chi connectivity index (χ1n) is 7.21. The molecule has 0 radical (unpaired) electrons. The molecule has 0 saturated heterocycles. The van der Waals surface area contributed by atoms with Crippen molar-refractivity contribution in [3.63, 3.8) is 0 Å². The fourth-order valence-corrected chi connectivity index (χ4v) is 3.21. The third kappa shape index (κ3) is 4.91. The molecule has 1 aliphatic carbocycles. The summed E-state index contributed by atoms with van der Waals surface area (Å²) in [4.78, 5) is 13.1. The highest BCUT2D eigenvalue weighted by molar-refractivity contribution is 7.09. The SMILES string of the molecule is CCc1nc(CNc2cc(C3CC(N)C3)nc(N)n2)cs1.Cl.Cl. The van der Waals surface area contributed by atoms with E-state index < -0.39 is 0 Å². The number of nitrogens with one attached hydrogen (secondary N) is 1. The van der Waals surface area contributed by atoms with Crippen LogP contribution in [0.5, 0.6) is 0 Å². The molecular formula is C14H22Cl2N6S. The van der Waals surface area contributed by atoms with Gasteiger partial charge in [-0.2, -0.15) is 4.98 Å². The van der Waals surface area contributed by atoms with Crippen LogP contribution in [0.3, 0.4) is 0 Å². The van der Waals surface area contributed by atoms with Crippen LogP contribution in [-0.2, 0) is 13.0 Å². The zero-order chi connectivity index (χ0) is 14.8. The molecule has 0 unspecified atom stereocenters. The van der Waals surface area contributed by atoms with E-state index in [1.54, 1.807) is 11.3 Å². The number of nitrogen functional groups attached to an aromatic ring is 1. The lowest BCUT2D eigenvalue weighted by Gasteiger charge is -2.32. The van der Waals surface area contributed by atoms with Crippen LogP contribution in [0.2, 0.25) is 0 Å². The second-order valence-corrected chi connectivity index (χ2v) is 6.35. The Labute approximate surface area is 152 Å². The highest BCUT2D eigenvalue weighted by Crippen LogP contribution is 2.35. The monoisotopic (exact) mass is 376 g/mol. The van der Waals surface area contributed by atoms with Crippen molar-refractivity contribution in [2.75, 3.05) is 11.1 Å². The standard InChI is InChI=1S/C14H20N6S.2ClH/c1-2-13-18-10(7-21-13)6-17-12-5-11(19-14(16)20-12)8-3-9(15)4-8;;/h5,7-9H,2-4,6,15H2,1H3,(H3,16,17,19,20);2*1H. The van der Waals surface area contributed by atoms with Crippen LogP contribution in [-0.4, -0.2) is 21.0 Å². The van der Waals surface area contributed by atoms with Crippen molar-refractivity contribution >= 4 is 47.9 Å². The molecule has 2 aromatic heterocycles. The van der Waals surface area contributed by atoms with Gasteiger partial charge >= 0.3 is 0 Å². The van der Waals surface area contributed by atoms with Gasteiger partial charge in [-0.05, 0) is 19.3 Å². The summed E-state index contributed by atoms with van der Waals surface area (Å²) < 4.78 is 0. The van der Waals surface area contributed by atoms with Crippen molar-refractivity contribution < 1.29 is 0 Å². The number of nitrogens with zero attached hydrogens (tertiary/aromatic N) is 3. The Morgan fingerprint density at radius 1 is 1.26 bits per heavy atom. The van der Waals surface area contributed by atoms with E-state index in [-0.39, 0.29) is 24.8 Å². The number of hydrogen-bond acceptors (Lipinski definition) is 7.